The van der Waals surface area contributed by atoms with Crippen LogP contribution in [-0.4, -0.2) is 11.4 Å². The largest absolute Gasteiger partial charge is 0.324 e. The van der Waals surface area contributed by atoms with Crippen molar-refractivity contribution in [3.8, 4) is 0 Å². The van der Waals surface area contributed by atoms with Gasteiger partial charge in [-0.05, 0) is 66.2 Å². The fourth-order valence-electron chi connectivity index (χ4n) is 1.91. The Hall–Kier alpha value is -0.940. The summed E-state index contributed by atoms with van der Waals surface area (Å²) in [5, 5.41) is 2.78. The first-order valence-electron chi connectivity index (χ1n) is 5.88. The van der Waals surface area contributed by atoms with Crippen molar-refractivity contribution < 1.29 is 9.18 Å². The van der Waals surface area contributed by atoms with Crippen molar-refractivity contribution in [2.24, 2.45) is 11.7 Å². The number of aryl methyl sites for hydroxylation is 1. The van der Waals surface area contributed by atoms with Crippen LogP contribution < -0.4 is 11.1 Å². The van der Waals surface area contributed by atoms with Crippen molar-refractivity contribution in [1.82, 2.24) is 0 Å². The molecule has 1 atom stereocenters. The van der Waals surface area contributed by atoms with Crippen molar-refractivity contribution in [1.29, 1.82) is 0 Å². The van der Waals surface area contributed by atoms with Crippen LogP contribution in [0.5, 0.6) is 0 Å². The molecule has 0 radical (unpaired) electrons. The van der Waals surface area contributed by atoms with Gasteiger partial charge in [0.05, 0.1) is 10.0 Å². The minimum Gasteiger partial charge on any atom is -0.324 e. The lowest BCUT2D eigenvalue weighted by Gasteiger charge is -2.23. The summed E-state index contributed by atoms with van der Waals surface area (Å²) in [6, 6.07) is 2.94. The van der Waals surface area contributed by atoms with Gasteiger partial charge in [-0.2, -0.15) is 0 Å². The van der Waals surface area contributed by atoms with E-state index >= 15 is 0 Å². The molecule has 1 aliphatic carbocycles. The van der Waals surface area contributed by atoms with E-state index in [1.165, 1.54) is 6.07 Å². The molecule has 2 rings (SSSR count). The number of amides is 1. The summed E-state index contributed by atoms with van der Waals surface area (Å²) in [5.41, 5.74) is 6.44. The van der Waals surface area contributed by atoms with Gasteiger partial charge in [-0.3, -0.25) is 4.79 Å². The Bertz CT molecular complexity index is 498. The summed E-state index contributed by atoms with van der Waals surface area (Å²) in [5.74, 6) is -0.309. The van der Waals surface area contributed by atoms with E-state index in [1.54, 1.807) is 19.9 Å². The molecule has 3 nitrogen and oxygen atoms in total. The number of carbonyl (C=O) groups is 1. The summed E-state index contributed by atoms with van der Waals surface area (Å²) < 4.78 is 13.6. The number of halogens is 2. The predicted molar refractivity (Wildman–Crippen MR) is 72.8 cm³/mol. The smallest absolute Gasteiger partial charge is 0.244 e. The highest BCUT2D eigenvalue weighted by atomic mass is 79.9. The first-order chi connectivity index (χ1) is 8.32. The van der Waals surface area contributed by atoms with Gasteiger partial charge in [0, 0.05) is 5.69 Å². The summed E-state index contributed by atoms with van der Waals surface area (Å²) in [6.07, 6.45) is 1.99. The van der Waals surface area contributed by atoms with Gasteiger partial charge in [-0.15, -0.1) is 0 Å². The lowest BCUT2D eigenvalue weighted by atomic mass is 9.96. The number of nitrogens with one attached hydrogen (secondary N) is 1. The van der Waals surface area contributed by atoms with E-state index in [2.05, 4.69) is 21.2 Å². The topological polar surface area (TPSA) is 55.1 Å². The van der Waals surface area contributed by atoms with E-state index in [-0.39, 0.29) is 17.6 Å². The first-order valence-corrected chi connectivity index (χ1v) is 6.67. The summed E-state index contributed by atoms with van der Waals surface area (Å²) in [4.78, 5) is 12.1. The van der Waals surface area contributed by atoms with E-state index in [0.717, 1.165) is 12.8 Å². The van der Waals surface area contributed by atoms with Crippen LogP contribution in [0, 0.1) is 18.7 Å². The Morgan fingerprint density at radius 3 is 2.72 bits per heavy atom. The zero-order valence-electron chi connectivity index (χ0n) is 10.4. The van der Waals surface area contributed by atoms with E-state index in [4.69, 9.17) is 5.73 Å². The van der Waals surface area contributed by atoms with Crippen molar-refractivity contribution in [3.63, 3.8) is 0 Å². The normalized spacial score (nSPS) is 18.3. The molecule has 1 aromatic carbocycles. The minimum atomic E-state index is -0.854. The van der Waals surface area contributed by atoms with Gasteiger partial charge in [-0.1, -0.05) is 0 Å². The maximum absolute atomic E-state index is 13.3. The molecule has 1 aromatic rings. The number of nitrogens with two attached hydrogens (primary N) is 1. The molecule has 0 spiro atoms. The molecular formula is C13H16BrFN2O. The Balaban J connectivity index is 2.19. The number of carbonyl (C=O) groups excluding carboxylic acids is 1. The highest BCUT2D eigenvalue weighted by molar-refractivity contribution is 9.10. The van der Waals surface area contributed by atoms with Crippen LogP contribution in [0.2, 0.25) is 0 Å². The average Bonchev–Trinajstić information content (AvgIpc) is 3.09. The fraction of sp³-hybridized carbons (Fsp3) is 0.462. The summed E-state index contributed by atoms with van der Waals surface area (Å²) in [7, 11) is 0. The molecule has 5 heteroatoms. The molecular weight excluding hydrogens is 299 g/mol. The molecule has 0 aliphatic heterocycles. The predicted octanol–water partition coefficient (Wildman–Crippen LogP) is 2.96. The van der Waals surface area contributed by atoms with Crippen molar-refractivity contribution in [2.75, 3.05) is 5.32 Å². The number of benzene rings is 1. The Labute approximate surface area is 114 Å². The first kappa shape index (κ1) is 13.5. The monoisotopic (exact) mass is 314 g/mol. The molecule has 1 unspecified atom stereocenters. The van der Waals surface area contributed by atoms with Gasteiger partial charge in [-0.25, -0.2) is 4.39 Å². The summed E-state index contributed by atoms with van der Waals surface area (Å²) in [6.45, 7) is 3.49. The Morgan fingerprint density at radius 2 is 2.17 bits per heavy atom. The molecule has 18 heavy (non-hydrogen) atoms. The SMILES string of the molecule is Cc1cc(F)c(Br)cc1NC(=O)C(C)(N)C1CC1. The van der Waals surface area contributed by atoms with Crippen LogP contribution in [0.25, 0.3) is 0 Å². The van der Waals surface area contributed by atoms with Crippen LogP contribution in [0.15, 0.2) is 16.6 Å². The third-order valence-corrected chi connectivity index (χ3v) is 4.04. The van der Waals surface area contributed by atoms with Crippen molar-refractivity contribution in [2.45, 2.75) is 32.2 Å². The lowest BCUT2D eigenvalue weighted by Crippen LogP contribution is -2.50. The second-order valence-electron chi connectivity index (χ2n) is 5.09. The molecule has 1 aliphatic rings. The molecule has 0 heterocycles. The van der Waals surface area contributed by atoms with E-state index in [0.29, 0.717) is 15.7 Å². The minimum absolute atomic E-state index is 0.216. The van der Waals surface area contributed by atoms with Gasteiger partial charge < -0.3 is 11.1 Å². The van der Waals surface area contributed by atoms with E-state index in [9.17, 15) is 9.18 Å². The molecule has 1 saturated carbocycles. The maximum Gasteiger partial charge on any atom is 0.244 e. The third-order valence-electron chi connectivity index (χ3n) is 3.43. The highest BCUT2D eigenvalue weighted by Crippen LogP contribution is 2.38. The van der Waals surface area contributed by atoms with Gasteiger partial charge in [0.15, 0.2) is 0 Å². The Kier molecular flexibility index (Phi) is 3.47. The molecule has 0 bridgehead atoms. The number of hydrogen-bond acceptors (Lipinski definition) is 2. The zero-order chi connectivity index (χ0) is 13.5. The van der Waals surface area contributed by atoms with Crippen LogP contribution in [0.3, 0.4) is 0 Å². The number of hydrogen-bond donors (Lipinski definition) is 2. The highest BCUT2D eigenvalue weighted by Gasteiger charge is 2.44. The standard InChI is InChI=1S/C13H16BrFN2O/c1-7-5-10(15)9(14)6-11(7)17-12(18)13(2,16)8-3-4-8/h5-6,8H,3-4,16H2,1-2H3,(H,17,18). The number of rotatable bonds is 3. The van der Waals surface area contributed by atoms with Gasteiger partial charge in [0.1, 0.15) is 5.82 Å². The molecule has 1 amide bonds. The van der Waals surface area contributed by atoms with Crippen LogP contribution in [-0.2, 0) is 4.79 Å². The van der Waals surface area contributed by atoms with Crippen molar-refractivity contribution >= 4 is 27.5 Å². The summed E-state index contributed by atoms with van der Waals surface area (Å²) >= 11 is 3.10. The van der Waals surface area contributed by atoms with Crippen LogP contribution in [0.4, 0.5) is 10.1 Å². The molecule has 98 valence electrons. The molecule has 3 N–H and O–H groups in total. The lowest BCUT2D eigenvalue weighted by molar-refractivity contribution is -0.121. The third kappa shape index (κ3) is 2.57. The van der Waals surface area contributed by atoms with E-state index < -0.39 is 5.54 Å². The zero-order valence-corrected chi connectivity index (χ0v) is 12.0. The fourth-order valence-corrected chi connectivity index (χ4v) is 2.25. The van der Waals surface area contributed by atoms with Crippen LogP contribution >= 0.6 is 15.9 Å². The second kappa shape index (κ2) is 4.63. The maximum atomic E-state index is 13.3. The van der Waals surface area contributed by atoms with Crippen molar-refractivity contribution in [3.05, 3.63) is 28.0 Å². The quantitative estimate of drug-likeness (QED) is 0.901. The number of anilines is 1. The van der Waals surface area contributed by atoms with Gasteiger partial charge in [0.2, 0.25) is 5.91 Å². The van der Waals surface area contributed by atoms with E-state index in [1.807, 2.05) is 0 Å². The Morgan fingerprint density at radius 1 is 1.56 bits per heavy atom. The molecule has 0 saturated heterocycles. The average molecular weight is 315 g/mol. The molecule has 0 aromatic heterocycles. The van der Waals surface area contributed by atoms with Gasteiger partial charge >= 0.3 is 0 Å². The molecule has 1 fully saturated rings. The van der Waals surface area contributed by atoms with Crippen LogP contribution in [0.1, 0.15) is 25.3 Å². The van der Waals surface area contributed by atoms with Gasteiger partial charge in [0.25, 0.3) is 0 Å². The second-order valence-corrected chi connectivity index (χ2v) is 5.95.